The summed E-state index contributed by atoms with van der Waals surface area (Å²) in [4.78, 5) is 15.6. The fourth-order valence-electron chi connectivity index (χ4n) is 2.52. The molecule has 1 aliphatic carbocycles. The Labute approximate surface area is 106 Å². The number of carbonyl (C=O) groups is 1. The lowest BCUT2D eigenvalue weighted by Gasteiger charge is -2.17. The number of amides is 1. The summed E-state index contributed by atoms with van der Waals surface area (Å²) >= 11 is 0. The van der Waals surface area contributed by atoms with Gasteiger partial charge in [-0.25, -0.2) is 0 Å². The Kier molecular flexibility index (Phi) is 4.15. The van der Waals surface area contributed by atoms with E-state index in [0.717, 1.165) is 19.3 Å². The van der Waals surface area contributed by atoms with Crippen LogP contribution in [-0.4, -0.2) is 34.3 Å². The Morgan fingerprint density at radius 2 is 2.22 bits per heavy atom. The second-order valence-electron chi connectivity index (χ2n) is 4.74. The van der Waals surface area contributed by atoms with Crippen LogP contribution in [0, 0.1) is 11.8 Å². The van der Waals surface area contributed by atoms with Crippen molar-refractivity contribution in [2.75, 3.05) is 13.2 Å². The van der Waals surface area contributed by atoms with Gasteiger partial charge >= 0.3 is 0 Å². The Morgan fingerprint density at radius 1 is 1.44 bits per heavy atom. The van der Waals surface area contributed by atoms with Crippen molar-refractivity contribution in [3.63, 3.8) is 0 Å². The van der Waals surface area contributed by atoms with Crippen molar-refractivity contribution in [3.05, 3.63) is 24.0 Å². The van der Waals surface area contributed by atoms with Gasteiger partial charge in [0.05, 0.1) is 11.8 Å². The summed E-state index contributed by atoms with van der Waals surface area (Å²) in [6, 6.07) is 1.49. The van der Waals surface area contributed by atoms with Gasteiger partial charge in [-0.15, -0.1) is 0 Å². The van der Waals surface area contributed by atoms with Crippen molar-refractivity contribution in [2.45, 2.75) is 19.3 Å². The molecular formula is C13H18N2O3. The van der Waals surface area contributed by atoms with Gasteiger partial charge in [0.25, 0.3) is 5.91 Å². The normalized spacial score (nSPS) is 22.9. The molecule has 18 heavy (non-hydrogen) atoms. The number of hydrogen-bond acceptors (Lipinski definition) is 4. The first-order valence-corrected chi connectivity index (χ1v) is 6.24. The smallest absolute Gasteiger partial charge is 0.255 e. The standard InChI is InChI=1S/C13H18N2O3/c16-8-10-3-1-2-9(10)6-15-13(18)11-4-5-14-7-12(11)17/h4-5,7,9-10,16-17H,1-3,6,8H2,(H,15,18). The number of carbonyl (C=O) groups excluding carboxylic acids is 1. The topological polar surface area (TPSA) is 82.5 Å². The summed E-state index contributed by atoms with van der Waals surface area (Å²) in [6.07, 6.45) is 5.89. The minimum Gasteiger partial charge on any atom is -0.505 e. The molecule has 1 aromatic rings. The summed E-state index contributed by atoms with van der Waals surface area (Å²) < 4.78 is 0. The molecule has 0 radical (unpaired) electrons. The largest absolute Gasteiger partial charge is 0.505 e. The van der Waals surface area contributed by atoms with Crippen LogP contribution in [0.2, 0.25) is 0 Å². The number of aliphatic hydroxyl groups is 1. The monoisotopic (exact) mass is 250 g/mol. The molecule has 1 aliphatic rings. The van der Waals surface area contributed by atoms with E-state index in [1.54, 1.807) is 0 Å². The third-order valence-corrected chi connectivity index (χ3v) is 3.62. The van der Waals surface area contributed by atoms with E-state index in [-0.39, 0.29) is 29.7 Å². The van der Waals surface area contributed by atoms with Crippen molar-refractivity contribution in [1.29, 1.82) is 0 Å². The first-order chi connectivity index (χ1) is 8.72. The zero-order valence-electron chi connectivity index (χ0n) is 10.2. The van der Waals surface area contributed by atoms with Gasteiger partial charge in [-0.05, 0) is 30.7 Å². The highest BCUT2D eigenvalue weighted by Crippen LogP contribution is 2.30. The lowest BCUT2D eigenvalue weighted by molar-refractivity contribution is 0.0935. The van der Waals surface area contributed by atoms with Gasteiger partial charge < -0.3 is 15.5 Å². The Balaban J connectivity index is 1.91. The van der Waals surface area contributed by atoms with Gasteiger partial charge in [-0.2, -0.15) is 0 Å². The highest BCUT2D eigenvalue weighted by atomic mass is 16.3. The maximum absolute atomic E-state index is 11.9. The molecule has 98 valence electrons. The van der Waals surface area contributed by atoms with Crippen LogP contribution in [0.15, 0.2) is 18.5 Å². The molecule has 0 bridgehead atoms. The van der Waals surface area contributed by atoms with E-state index >= 15 is 0 Å². The predicted octanol–water partition coefficient (Wildman–Crippen LogP) is 0.926. The molecule has 0 aliphatic heterocycles. The molecule has 1 fully saturated rings. The van der Waals surface area contributed by atoms with Crippen LogP contribution in [0.1, 0.15) is 29.6 Å². The lowest BCUT2D eigenvalue weighted by atomic mass is 9.97. The minimum absolute atomic E-state index is 0.111. The quantitative estimate of drug-likeness (QED) is 0.742. The molecule has 5 heteroatoms. The SMILES string of the molecule is O=C(NCC1CCCC1CO)c1ccncc1O. The molecule has 5 nitrogen and oxygen atoms in total. The molecule has 2 rings (SSSR count). The third kappa shape index (κ3) is 2.79. The summed E-state index contributed by atoms with van der Waals surface area (Å²) in [5.74, 6) is 0.220. The summed E-state index contributed by atoms with van der Waals surface area (Å²) in [5, 5.41) is 21.5. The Hall–Kier alpha value is -1.62. The first-order valence-electron chi connectivity index (χ1n) is 6.24. The molecule has 0 aromatic carbocycles. The molecule has 1 heterocycles. The van der Waals surface area contributed by atoms with Crippen LogP contribution in [0.5, 0.6) is 5.75 Å². The van der Waals surface area contributed by atoms with E-state index in [0.29, 0.717) is 12.5 Å². The van der Waals surface area contributed by atoms with E-state index in [1.165, 1.54) is 18.5 Å². The minimum atomic E-state index is -0.293. The maximum Gasteiger partial charge on any atom is 0.255 e. The summed E-state index contributed by atoms with van der Waals surface area (Å²) in [6.45, 7) is 0.729. The van der Waals surface area contributed by atoms with Gasteiger partial charge in [0.15, 0.2) is 0 Å². The van der Waals surface area contributed by atoms with Gasteiger partial charge in [-0.3, -0.25) is 9.78 Å². The zero-order chi connectivity index (χ0) is 13.0. The number of nitrogens with zero attached hydrogens (tertiary/aromatic N) is 1. The summed E-state index contributed by atoms with van der Waals surface area (Å²) in [5.41, 5.74) is 0.239. The van der Waals surface area contributed by atoms with Crippen molar-refractivity contribution in [3.8, 4) is 5.75 Å². The highest BCUT2D eigenvalue weighted by molar-refractivity contribution is 5.96. The number of pyridine rings is 1. The molecule has 2 unspecified atom stereocenters. The van der Waals surface area contributed by atoms with E-state index in [4.69, 9.17) is 0 Å². The second-order valence-corrected chi connectivity index (χ2v) is 4.74. The van der Waals surface area contributed by atoms with Crippen LogP contribution < -0.4 is 5.32 Å². The first kappa shape index (κ1) is 12.8. The van der Waals surface area contributed by atoms with Gasteiger partial charge in [0.1, 0.15) is 5.75 Å². The number of nitrogens with one attached hydrogen (secondary N) is 1. The van der Waals surface area contributed by atoms with E-state index in [1.807, 2.05) is 0 Å². The lowest BCUT2D eigenvalue weighted by Crippen LogP contribution is -2.31. The van der Waals surface area contributed by atoms with E-state index < -0.39 is 0 Å². The number of aromatic hydroxyl groups is 1. The molecule has 0 saturated heterocycles. The fourth-order valence-corrected chi connectivity index (χ4v) is 2.52. The molecule has 1 aromatic heterocycles. The Bertz CT molecular complexity index is 422. The molecule has 2 atom stereocenters. The summed E-state index contributed by atoms with van der Waals surface area (Å²) in [7, 11) is 0. The van der Waals surface area contributed by atoms with Gasteiger partial charge in [0, 0.05) is 19.3 Å². The number of hydrogen-bond donors (Lipinski definition) is 3. The van der Waals surface area contributed by atoms with Crippen molar-refractivity contribution >= 4 is 5.91 Å². The van der Waals surface area contributed by atoms with Crippen molar-refractivity contribution in [1.82, 2.24) is 10.3 Å². The average Bonchev–Trinajstić information content (AvgIpc) is 2.84. The molecule has 1 saturated carbocycles. The maximum atomic E-state index is 11.9. The fraction of sp³-hybridized carbons (Fsp3) is 0.538. The molecule has 1 amide bonds. The third-order valence-electron chi connectivity index (χ3n) is 3.62. The van der Waals surface area contributed by atoms with Gasteiger partial charge in [-0.1, -0.05) is 6.42 Å². The average molecular weight is 250 g/mol. The number of rotatable bonds is 4. The Morgan fingerprint density at radius 3 is 2.94 bits per heavy atom. The van der Waals surface area contributed by atoms with Gasteiger partial charge in [0.2, 0.25) is 0 Å². The van der Waals surface area contributed by atoms with Crippen LogP contribution >= 0.6 is 0 Å². The number of aromatic nitrogens is 1. The van der Waals surface area contributed by atoms with Crippen LogP contribution in [-0.2, 0) is 0 Å². The zero-order valence-corrected chi connectivity index (χ0v) is 10.2. The highest BCUT2D eigenvalue weighted by Gasteiger charge is 2.27. The van der Waals surface area contributed by atoms with Crippen LogP contribution in [0.3, 0.4) is 0 Å². The van der Waals surface area contributed by atoms with Crippen LogP contribution in [0.4, 0.5) is 0 Å². The molecular weight excluding hydrogens is 232 g/mol. The second kappa shape index (κ2) is 5.82. The van der Waals surface area contributed by atoms with Crippen LogP contribution in [0.25, 0.3) is 0 Å². The van der Waals surface area contributed by atoms with E-state index in [9.17, 15) is 15.0 Å². The predicted molar refractivity (Wildman–Crippen MR) is 66.2 cm³/mol. The van der Waals surface area contributed by atoms with Crippen molar-refractivity contribution < 1.29 is 15.0 Å². The van der Waals surface area contributed by atoms with Crippen molar-refractivity contribution in [2.24, 2.45) is 11.8 Å². The number of aliphatic hydroxyl groups excluding tert-OH is 1. The van der Waals surface area contributed by atoms with E-state index in [2.05, 4.69) is 10.3 Å². The molecule has 0 spiro atoms. The molecule has 3 N–H and O–H groups in total.